The van der Waals surface area contributed by atoms with E-state index >= 15 is 0 Å². The molecular formula is C23H25BrN4O2. The van der Waals surface area contributed by atoms with Crippen LogP contribution in [0.15, 0.2) is 52.0 Å². The van der Waals surface area contributed by atoms with E-state index in [0.29, 0.717) is 37.3 Å². The Labute approximate surface area is 185 Å². The molecule has 2 aliphatic heterocycles. The zero-order valence-corrected chi connectivity index (χ0v) is 18.9. The zero-order valence-electron chi connectivity index (χ0n) is 17.3. The molecule has 2 heterocycles. The van der Waals surface area contributed by atoms with Gasteiger partial charge in [-0.05, 0) is 55.3 Å². The third kappa shape index (κ3) is 4.12. The van der Waals surface area contributed by atoms with Crippen LogP contribution in [0.1, 0.15) is 24.0 Å². The third-order valence-corrected chi connectivity index (χ3v) is 6.36. The average molecular weight is 469 g/mol. The van der Waals surface area contributed by atoms with Crippen LogP contribution in [0.2, 0.25) is 0 Å². The molecule has 0 atom stereocenters. The van der Waals surface area contributed by atoms with E-state index in [1.807, 2.05) is 29.2 Å². The number of carbonyl (C=O) groups is 2. The van der Waals surface area contributed by atoms with Crippen molar-refractivity contribution in [3.05, 3.63) is 58.1 Å². The van der Waals surface area contributed by atoms with Crippen molar-refractivity contribution in [1.29, 1.82) is 0 Å². The van der Waals surface area contributed by atoms with E-state index in [9.17, 15) is 9.59 Å². The maximum atomic E-state index is 13.1. The molecule has 2 aliphatic rings. The van der Waals surface area contributed by atoms with Crippen LogP contribution in [-0.2, 0) is 9.59 Å². The number of hydrogen-bond acceptors (Lipinski definition) is 4. The highest BCUT2D eigenvalue weighted by molar-refractivity contribution is 9.10. The van der Waals surface area contributed by atoms with Gasteiger partial charge in [-0.15, -0.1) is 0 Å². The molecule has 0 radical (unpaired) electrons. The fourth-order valence-corrected chi connectivity index (χ4v) is 4.17. The molecule has 30 heavy (non-hydrogen) atoms. The van der Waals surface area contributed by atoms with Gasteiger partial charge in [0.1, 0.15) is 5.71 Å². The lowest BCUT2D eigenvalue weighted by Crippen LogP contribution is -2.51. The number of carbonyl (C=O) groups excluding carboxylic acids is 2. The predicted molar refractivity (Wildman–Crippen MR) is 123 cm³/mol. The van der Waals surface area contributed by atoms with Crippen LogP contribution in [-0.4, -0.2) is 48.6 Å². The zero-order chi connectivity index (χ0) is 21.3. The first-order valence-electron chi connectivity index (χ1n) is 10.2. The van der Waals surface area contributed by atoms with Crippen molar-refractivity contribution in [2.45, 2.75) is 26.7 Å². The van der Waals surface area contributed by atoms with E-state index in [4.69, 9.17) is 0 Å². The Morgan fingerprint density at radius 1 is 0.967 bits per heavy atom. The molecule has 1 saturated heterocycles. The van der Waals surface area contributed by atoms with Crippen molar-refractivity contribution in [2.75, 3.05) is 36.1 Å². The summed E-state index contributed by atoms with van der Waals surface area (Å²) in [6.07, 6.45) is 0.686. The largest absolute Gasteiger partial charge is 0.368 e. The van der Waals surface area contributed by atoms with Crippen LogP contribution >= 0.6 is 15.9 Å². The molecule has 2 aromatic rings. The Hall–Kier alpha value is -2.67. The molecule has 7 heteroatoms. The fourth-order valence-electron chi connectivity index (χ4n) is 3.90. The fraction of sp³-hybridized carbons (Fsp3) is 0.348. The molecule has 0 spiro atoms. The van der Waals surface area contributed by atoms with E-state index < -0.39 is 0 Å². The summed E-state index contributed by atoms with van der Waals surface area (Å²) in [5.74, 6) is -0.154. The number of hydrogen-bond donors (Lipinski definition) is 0. The quantitative estimate of drug-likeness (QED) is 0.686. The molecule has 6 nitrogen and oxygen atoms in total. The summed E-state index contributed by atoms with van der Waals surface area (Å²) in [6.45, 7) is 7.15. The maximum absolute atomic E-state index is 13.1. The van der Waals surface area contributed by atoms with Gasteiger partial charge in [0.25, 0.3) is 5.91 Å². The molecule has 1 fully saturated rings. The van der Waals surface area contributed by atoms with Gasteiger partial charge in [0.2, 0.25) is 5.91 Å². The number of anilines is 2. The standard InChI is InChI=1S/C23H25BrN4O2/c1-16-4-3-5-21(17(16)2)26-12-14-27(15-13-26)23(30)20-10-11-22(29)28(25-20)19-8-6-18(24)7-9-19/h3-9H,10-15H2,1-2H3. The summed E-state index contributed by atoms with van der Waals surface area (Å²) < 4.78 is 0.928. The molecular weight excluding hydrogens is 444 g/mol. The Bertz CT molecular complexity index is 995. The monoisotopic (exact) mass is 468 g/mol. The van der Waals surface area contributed by atoms with Crippen molar-refractivity contribution >= 4 is 44.8 Å². The minimum absolute atomic E-state index is 0.0646. The van der Waals surface area contributed by atoms with E-state index in [2.05, 4.69) is 58.0 Å². The summed E-state index contributed by atoms with van der Waals surface area (Å²) in [6, 6.07) is 13.7. The Balaban J connectivity index is 1.46. The van der Waals surface area contributed by atoms with Gasteiger partial charge in [0, 0.05) is 49.2 Å². The molecule has 0 unspecified atom stereocenters. The molecule has 0 bridgehead atoms. The first-order chi connectivity index (χ1) is 14.4. The molecule has 2 aromatic carbocycles. The summed E-state index contributed by atoms with van der Waals surface area (Å²) in [4.78, 5) is 29.6. The van der Waals surface area contributed by atoms with Crippen LogP contribution in [0, 0.1) is 13.8 Å². The van der Waals surface area contributed by atoms with Crippen LogP contribution in [0.25, 0.3) is 0 Å². The minimum atomic E-state index is -0.0892. The maximum Gasteiger partial charge on any atom is 0.270 e. The lowest BCUT2D eigenvalue weighted by molar-refractivity contribution is -0.124. The Morgan fingerprint density at radius 2 is 1.67 bits per heavy atom. The van der Waals surface area contributed by atoms with Crippen LogP contribution in [0.4, 0.5) is 11.4 Å². The van der Waals surface area contributed by atoms with Crippen molar-refractivity contribution in [3.63, 3.8) is 0 Å². The van der Waals surface area contributed by atoms with Gasteiger partial charge in [-0.3, -0.25) is 9.59 Å². The number of rotatable bonds is 3. The van der Waals surface area contributed by atoms with Gasteiger partial charge in [-0.1, -0.05) is 28.1 Å². The van der Waals surface area contributed by atoms with Gasteiger partial charge in [-0.25, -0.2) is 5.01 Å². The van der Waals surface area contributed by atoms with Crippen molar-refractivity contribution in [1.82, 2.24) is 4.90 Å². The highest BCUT2D eigenvalue weighted by atomic mass is 79.9. The second-order valence-corrected chi connectivity index (χ2v) is 8.64. The van der Waals surface area contributed by atoms with Gasteiger partial charge in [0.05, 0.1) is 5.69 Å². The third-order valence-electron chi connectivity index (χ3n) is 5.83. The van der Waals surface area contributed by atoms with Crippen molar-refractivity contribution in [3.8, 4) is 0 Å². The van der Waals surface area contributed by atoms with Crippen LogP contribution in [0.5, 0.6) is 0 Å². The topological polar surface area (TPSA) is 56.2 Å². The van der Waals surface area contributed by atoms with Crippen molar-refractivity contribution in [2.24, 2.45) is 5.10 Å². The normalized spacial score (nSPS) is 17.2. The highest BCUT2D eigenvalue weighted by Crippen LogP contribution is 2.25. The molecule has 0 aliphatic carbocycles. The first kappa shape index (κ1) is 20.6. The van der Waals surface area contributed by atoms with Gasteiger partial charge >= 0.3 is 0 Å². The van der Waals surface area contributed by atoms with Gasteiger partial charge in [0.15, 0.2) is 0 Å². The smallest absolute Gasteiger partial charge is 0.270 e. The van der Waals surface area contributed by atoms with E-state index in [-0.39, 0.29) is 11.8 Å². The Kier molecular flexibility index (Phi) is 5.90. The Morgan fingerprint density at radius 3 is 2.37 bits per heavy atom. The summed E-state index contributed by atoms with van der Waals surface area (Å²) in [5.41, 5.74) is 4.94. The van der Waals surface area contributed by atoms with E-state index in [1.54, 1.807) is 0 Å². The number of hydrazone groups is 1. The minimum Gasteiger partial charge on any atom is -0.368 e. The van der Waals surface area contributed by atoms with Crippen LogP contribution < -0.4 is 9.91 Å². The summed E-state index contributed by atoms with van der Waals surface area (Å²) in [5, 5.41) is 5.78. The molecule has 0 saturated carbocycles. The summed E-state index contributed by atoms with van der Waals surface area (Å²) >= 11 is 3.40. The molecule has 0 N–H and O–H groups in total. The van der Waals surface area contributed by atoms with Gasteiger partial charge in [-0.2, -0.15) is 5.10 Å². The number of nitrogens with zero attached hydrogens (tertiary/aromatic N) is 4. The average Bonchev–Trinajstić information content (AvgIpc) is 2.76. The summed E-state index contributed by atoms with van der Waals surface area (Å²) in [7, 11) is 0. The number of piperazine rings is 1. The number of halogens is 1. The highest BCUT2D eigenvalue weighted by Gasteiger charge is 2.30. The van der Waals surface area contributed by atoms with Crippen LogP contribution in [0.3, 0.4) is 0 Å². The molecule has 0 aromatic heterocycles. The lowest BCUT2D eigenvalue weighted by atomic mass is 10.1. The second-order valence-electron chi connectivity index (χ2n) is 7.73. The van der Waals surface area contributed by atoms with E-state index in [1.165, 1.54) is 21.8 Å². The van der Waals surface area contributed by atoms with Crippen molar-refractivity contribution < 1.29 is 9.59 Å². The molecule has 156 valence electrons. The lowest BCUT2D eigenvalue weighted by Gasteiger charge is -2.37. The number of amides is 2. The number of aryl methyl sites for hydroxylation is 1. The van der Waals surface area contributed by atoms with E-state index in [0.717, 1.165) is 17.6 Å². The van der Waals surface area contributed by atoms with Gasteiger partial charge < -0.3 is 9.80 Å². The molecule has 2 amide bonds. The SMILES string of the molecule is Cc1cccc(N2CCN(C(=O)C3=NN(c4ccc(Br)cc4)C(=O)CC3)CC2)c1C. The molecule has 4 rings (SSSR count). The predicted octanol–water partition coefficient (Wildman–Crippen LogP) is 3.90. The first-order valence-corrected chi connectivity index (χ1v) is 11.0. The second kappa shape index (κ2) is 8.60. The number of benzene rings is 2.